The number of hydrogen-bond donors (Lipinski definition) is 0. The molecule has 0 fully saturated rings. The van der Waals surface area contributed by atoms with Crippen LogP contribution in [0.5, 0.6) is 0 Å². The van der Waals surface area contributed by atoms with Crippen LogP contribution in [0.25, 0.3) is 11.0 Å². The fourth-order valence-corrected chi connectivity index (χ4v) is 3.47. The highest BCUT2D eigenvalue weighted by molar-refractivity contribution is 8.00. The van der Waals surface area contributed by atoms with Gasteiger partial charge in [-0.2, -0.15) is 5.26 Å². The van der Waals surface area contributed by atoms with Crippen molar-refractivity contribution >= 4 is 28.5 Å². The molecule has 24 heavy (non-hydrogen) atoms. The van der Waals surface area contributed by atoms with Gasteiger partial charge < -0.3 is 4.57 Å². The summed E-state index contributed by atoms with van der Waals surface area (Å²) in [6, 6.07) is 16.4. The minimum Gasteiger partial charge on any atom is -0.322 e. The second kappa shape index (κ2) is 6.72. The third-order valence-electron chi connectivity index (χ3n) is 3.68. The number of thioether (sulfide) groups is 1. The van der Waals surface area contributed by atoms with Gasteiger partial charge in [-0.25, -0.2) is 4.98 Å². The summed E-state index contributed by atoms with van der Waals surface area (Å²) < 4.78 is 1.96. The van der Waals surface area contributed by atoms with Gasteiger partial charge in [-0.15, -0.1) is 0 Å². The smallest absolute Gasteiger partial charge is 0.269 e. The minimum atomic E-state index is -0.427. The molecular formula is C17H14N4O2S. The fraction of sp³-hybridized carbons (Fsp3) is 0.176. The van der Waals surface area contributed by atoms with Crippen molar-refractivity contribution in [3.8, 4) is 6.07 Å². The van der Waals surface area contributed by atoms with Gasteiger partial charge >= 0.3 is 0 Å². The van der Waals surface area contributed by atoms with E-state index in [0.29, 0.717) is 6.42 Å². The Morgan fingerprint density at radius 1 is 1.33 bits per heavy atom. The predicted octanol–water partition coefficient (Wildman–Crippen LogP) is 3.71. The van der Waals surface area contributed by atoms with Crippen molar-refractivity contribution < 1.29 is 4.92 Å². The van der Waals surface area contributed by atoms with Crippen LogP contribution in [0.15, 0.2) is 53.7 Å². The molecule has 3 rings (SSSR count). The van der Waals surface area contributed by atoms with Gasteiger partial charge in [-0.05, 0) is 24.1 Å². The maximum absolute atomic E-state index is 10.9. The van der Waals surface area contributed by atoms with E-state index in [9.17, 15) is 15.4 Å². The SMILES string of the molecule is Cn1c(SC(C#N)Cc2cccc([N+](=O)[O-])c2)nc2ccccc21. The van der Waals surface area contributed by atoms with E-state index in [1.807, 2.05) is 35.9 Å². The maximum Gasteiger partial charge on any atom is 0.269 e. The largest absolute Gasteiger partial charge is 0.322 e. The molecule has 0 saturated heterocycles. The Bertz CT molecular complexity index is 945. The third kappa shape index (κ3) is 3.24. The molecule has 1 aromatic heterocycles. The van der Waals surface area contributed by atoms with Crippen molar-refractivity contribution in [2.75, 3.05) is 0 Å². The summed E-state index contributed by atoms with van der Waals surface area (Å²) in [5, 5.41) is 20.7. The molecule has 1 unspecified atom stereocenters. The number of nitrogens with zero attached hydrogens (tertiary/aromatic N) is 4. The predicted molar refractivity (Wildman–Crippen MR) is 92.8 cm³/mol. The van der Waals surface area contributed by atoms with Crippen LogP contribution in [0.2, 0.25) is 0 Å². The van der Waals surface area contributed by atoms with Crippen molar-refractivity contribution in [2.45, 2.75) is 16.8 Å². The number of rotatable bonds is 5. The number of fused-ring (bicyclic) bond motifs is 1. The number of para-hydroxylation sites is 2. The molecule has 1 heterocycles. The van der Waals surface area contributed by atoms with E-state index >= 15 is 0 Å². The lowest BCUT2D eigenvalue weighted by Gasteiger charge is -2.08. The number of imidazole rings is 1. The average Bonchev–Trinajstić information content (AvgIpc) is 2.91. The van der Waals surface area contributed by atoms with Crippen LogP contribution in [0.3, 0.4) is 0 Å². The Hall–Kier alpha value is -2.85. The number of hydrogen-bond acceptors (Lipinski definition) is 5. The topological polar surface area (TPSA) is 84.8 Å². The highest BCUT2D eigenvalue weighted by Gasteiger charge is 2.17. The monoisotopic (exact) mass is 338 g/mol. The maximum atomic E-state index is 10.9. The molecule has 0 aliphatic heterocycles. The van der Waals surface area contributed by atoms with Crippen LogP contribution in [0, 0.1) is 21.4 Å². The van der Waals surface area contributed by atoms with Crippen LogP contribution in [-0.2, 0) is 13.5 Å². The second-order valence-corrected chi connectivity index (χ2v) is 6.48. The molecule has 6 nitrogen and oxygen atoms in total. The van der Waals surface area contributed by atoms with Crippen molar-refractivity contribution in [1.82, 2.24) is 9.55 Å². The summed E-state index contributed by atoms with van der Waals surface area (Å²) in [6.07, 6.45) is 0.423. The number of aromatic nitrogens is 2. The number of nitriles is 1. The van der Waals surface area contributed by atoms with Gasteiger partial charge in [0.1, 0.15) is 5.25 Å². The summed E-state index contributed by atoms with van der Waals surface area (Å²) in [6.45, 7) is 0. The fourth-order valence-electron chi connectivity index (χ4n) is 2.48. The summed E-state index contributed by atoms with van der Waals surface area (Å²) in [5.74, 6) is 0. The highest BCUT2D eigenvalue weighted by atomic mass is 32.2. The molecule has 2 aromatic carbocycles. The van der Waals surface area contributed by atoms with E-state index < -0.39 is 4.92 Å². The number of non-ortho nitro benzene ring substituents is 1. The molecule has 0 spiro atoms. The Balaban J connectivity index is 1.82. The Kier molecular flexibility index (Phi) is 4.49. The number of nitro groups is 1. The molecule has 0 saturated carbocycles. The van der Waals surface area contributed by atoms with E-state index in [0.717, 1.165) is 21.8 Å². The van der Waals surface area contributed by atoms with Crippen molar-refractivity contribution in [3.05, 3.63) is 64.2 Å². The Morgan fingerprint density at radius 3 is 2.83 bits per heavy atom. The first kappa shape index (κ1) is 16.0. The normalized spacial score (nSPS) is 12.0. The van der Waals surface area contributed by atoms with Gasteiger partial charge in [0.2, 0.25) is 0 Å². The second-order valence-electron chi connectivity index (χ2n) is 5.31. The molecule has 0 N–H and O–H groups in total. The standard InChI is InChI=1S/C17H14N4O2S/c1-20-16-8-3-2-7-15(16)19-17(20)24-14(11-18)10-12-5-4-6-13(9-12)21(22)23/h2-9,14H,10H2,1H3. The Labute approximate surface area is 142 Å². The number of nitro benzene ring substituents is 1. The minimum absolute atomic E-state index is 0.0388. The molecule has 3 aromatic rings. The molecule has 7 heteroatoms. The lowest BCUT2D eigenvalue weighted by molar-refractivity contribution is -0.384. The zero-order valence-corrected chi connectivity index (χ0v) is 13.7. The summed E-state index contributed by atoms with van der Waals surface area (Å²) >= 11 is 1.37. The first-order valence-electron chi connectivity index (χ1n) is 7.29. The van der Waals surface area contributed by atoms with Gasteiger partial charge in [0.25, 0.3) is 5.69 Å². The number of benzene rings is 2. The highest BCUT2D eigenvalue weighted by Crippen LogP contribution is 2.28. The third-order valence-corrected chi connectivity index (χ3v) is 4.81. The Morgan fingerprint density at radius 2 is 2.12 bits per heavy atom. The van der Waals surface area contributed by atoms with Crippen LogP contribution in [-0.4, -0.2) is 19.7 Å². The van der Waals surface area contributed by atoms with E-state index in [4.69, 9.17) is 0 Å². The van der Waals surface area contributed by atoms with Gasteiger partial charge in [-0.1, -0.05) is 36.0 Å². The molecule has 0 amide bonds. The summed E-state index contributed by atoms with van der Waals surface area (Å²) in [5.41, 5.74) is 2.69. The molecule has 0 aliphatic rings. The molecular weight excluding hydrogens is 324 g/mol. The van der Waals surface area contributed by atoms with E-state index in [1.54, 1.807) is 12.1 Å². The van der Waals surface area contributed by atoms with Gasteiger partial charge in [0.15, 0.2) is 5.16 Å². The lowest BCUT2D eigenvalue weighted by Crippen LogP contribution is -2.06. The van der Waals surface area contributed by atoms with E-state index in [-0.39, 0.29) is 10.9 Å². The van der Waals surface area contributed by atoms with E-state index in [1.165, 1.54) is 23.9 Å². The summed E-state index contributed by atoms with van der Waals surface area (Å²) in [4.78, 5) is 15.0. The van der Waals surface area contributed by atoms with Crippen LogP contribution >= 0.6 is 11.8 Å². The van der Waals surface area contributed by atoms with Crippen molar-refractivity contribution in [3.63, 3.8) is 0 Å². The van der Waals surface area contributed by atoms with Gasteiger partial charge in [0.05, 0.1) is 22.0 Å². The average molecular weight is 338 g/mol. The van der Waals surface area contributed by atoms with Crippen LogP contribution in [0.4, 0.5) is 5.69 Å². The lowest BCUT2D eigenvalue weighted by atomic mass is 10.1. The molecule has 120 valence electrons. The molecule has 0 aliphatic carbocycles. The first-order chi connectivity index (χ1) is 11.6. The zero-order chi connectivity index (χ0) is 17.1. The molecule has 0 radical (unpaired) electrons. The number of aryl methyl sites for hydroxylation is 1. The van der Waals surface area contributed by atoms with E-state index in [2.05, 4.69) is 11.1 Å². The van der Waals surface area contributed by atoms with Crippen molar-refractivity contribution in [2.24, 2.45) is 7.05 Å². The molecule has 1 atom stereocenters. The first-order valence-corrected chi connectivity index (χ1v) is 8.17. The quantitative estimate of drug-likeness (QED) is 0.402. The van der Waals surface area contributed by atoms with Gasteiger partial charge in [-0.3, -0.25) is 10.1 Å². The molecule has 0 bridgehead atoms. The van der Waals surface area contributed by atoms with Gasteiger partial charge in [0, 0.05) is 19.2 Å². The van der Waals surface area contributed by atoms with Crippen LogP contribution in [0.1, 0.15) is 5.56 Å². The van der Waals surface area contributed by atoms with Crippen LogP contribution < -0.4 is 0 Å². The zero-order valence-electron chi connectivity index (χ0n) is 12.9. The summed E-state index contributed by atoms with van der Waals surface area (Å²) in [7, 11) is 1.92. The van der Waals surface area contributed by atoms with Crippen molar-refractivity contribution in [1.29, 1.82) is 5.26 Å².